The molecule has 6 nitrogen and oxygen atoms in total. The number of hydrogen-bond donors (Lipinski definition) is 0. The Morgan fingerprint density at radius 2 is 1.17 bits per heavy atom. The van der Waals surface area contributed by atoms with Crippen molar-refractivity contribution in [3.63, 3.8) is 0 Å². The number of hydrogen-bond acceptors (Lipinski definition) is 8. The van der Waals surface area contributed by atoms with E-state index >= 15 is 0 Å². The van der Waals surface area contributed by atoms with E-state index in [1.165, 1.54) is 33.3 Å². The maximum Gasteiger partial charge on any atom is 0.266 e. The van der Waals surface area contributed by atoms with Crippen molar-refractivity contribution in [1.82, 2.24) is 9.80 Å². The van der Waals surface area contributed by atoms with Gasteiger partial charge in [-0.25, -0.2) is 0 Å². The molecule has 2 aliphatic rings. The van der Waals surface area contributed by atoms with Gasteiger partial charge in [-0.3, -0.25) is 19.4 Å². The summed E-state index contributed by atoms with van der Waals surface area (Å²) < 4.78 is 13.0. The van der Waals surface area contributed by atoms with Crippen LogP contribution in [-0.4, -0.2) is 44.4 Å². The Kier molecular flexibility index (Phi) is 5.52. The van der Waals surface area contributed by atoms with Crippen LogP contribution in [0.1, 0.15) is 22.6 Å². The fourth-order valence-electron chi connectivity index (χ4n) is 2.96. The number of rotatable bonds is 3. The molecular formula is C20H16N2O4S4. The highest BCUT2D eigenvalue weighted by Gasteiger charge is 2.30. The monoisotopic (exact) mass is 476 g/mol. The Bertz CT molecular complexity index is 1100. The molecule has 0 spiro atoms. The van der Waals surface area contributed by atoms with Crippen LogP contribution in [0, 0.1) is 13.8 Å². The van der Waals surface area contributed by atoms with Crippen molar-refractivity contribution >= 4 is 80.6 Å². The van der Waals surface area contributed by atoms with Crippen LogP contribution in [0.5, 0.6) is 0 Å². The van der Waals surface area contributed by atoms with Crippen molar-refractivity contribution in [3.05, 3.63) is 44.6 Å². The second-order valence-electron chi connectivity index (χ2n) is 6.80. The summed E-state index contributed by atoms with van der Waals surface area (Å²) in [4.78, 5) is 28.3. The molecule has 30 heavy (non-hydrogen) atoms. The lowest BCUT2D eigenvalue weighted by atomic mass is 10.1. The first kappa shape index (κ1) is 21.1. The van der Waals surface area contributed by atoms with Crippen molar-refractivity contribution in [1.29, 1.82) is 0 Å². The lowest BCUT2D eigenvalue weighted by molar-refractivity contribution is -0.122. The van der Waals surface area contributed by atoms with E-state index in [0.29, 0.717) is 41.5 Å². The minimum Gasteiger partial charge on any atom is -0.453 e. The van der Waals surface area contributed by atoms with Gasteiger partial charge < -0.3 is 8.83 Å². The number of carbonyl (C=O) groups is 2. The zero-order chi connectivity index (χ0) is 21.7. The highest BCUT2D eigenvalue weighted by molar-refractivity contribution is 8.27. The van der Waals surface area contributed by atoms with Gasteiger partial charge >= 0.3 is 0 Å². The second-order valence-corrected chi connectivity index (χ2v) is 10.2. The van der Waals surface area contributed by atoms with Gasteiger partial charge in [0.1, 0.15) is 20.2 Å². The van der Waals surface area contributed by atoms with E-state index in [1.54, 1.807) is 26.2 Å². The number of furan rings is 2. The van der Waals surface area contributed by atoms with Crippen LogP contribution in [0.4, 0.5) is 0 Å². The zero-order valence-electron chi connectivity index (χ0n) is 16.5. The number of amides is 2. The fraction of sp³-hybridized carbons (Fsp3) is 0.200. The summed E-state index contributed by atoms with van der Waals surface area (Å²) in [5.74, 6) is 1.94. The average molecular weight is 477 g/mol. The summed E-state index contributed by atoms with van der Waals surface area (Å²) in [6, 6.07) is 3.70. The van der Waals surface area contributed by atoms with Gasteiger partial charge in [-0.05, 0) is 37.1 Å². The minimum atomic E-state index is -0.148. The topological polar surface area (TPSA) is 66.9 Å². The summed E-state index contributed by atoms with van der Waals surface area (Å²) in [5.41, 5.74) is 1.74. The maximum atomic E-state index is 12.2. The Morgan fingerprint density at radius 3 is 1.47 bits per heavy atom. The second kappa shape index (κ2) is 7.84. The van der Waals surface area contributed by atoms with E-state index in [9.17, 15) is 9.59 Å². The molecule has 4 heterocycles. The molecule has 0 saturated carbocycles. The van der Waals surface area contributed by atoms with Gasteiger partial charge in [0.2, 0.25) is 0 Å². The van der Waals surface area contributed by atoms with Crippen LogP contribution in [-0.2, 0) is 9.59 Å². The largest absolute Gasteiger partial charge is 0.453 e. The number of likely N-dealkylation sites (N-methyl/N-ethyl adjacent to an activating group) is 2. The standard InChI is InChI=1S/C20H16N2O4S4/c1-9-5-11(7-13-17(23)21(3)19(27)29-13)25-15(9)16-10(2)6-12(26-16)8-14-18(24)22(4)20(28)30-14/h5-8H,1-4H3/b13-7-,14-8-. The number of carbonyl (C=O) groups excluding carboxylic acids is 2. The molecule has 2 aromatic heterocycles. The fourth-order valence-corrected chi connectivity index (χ4v) is 5.28. The van der Waals surface area contributed by atoms with Gasteiger partial charge in [0.25, 0.3) is 11.8 Å². The lowest BCUT2D eigenvalue weighted by Gasteiger charge is -2.03. The van der Waals surface area contributed by atoms with Gasteiger partial charge in [0.05, 0.1) is 9.81 Å². The third-order valence-corrected chi connectivity index (χ3v) is 7.57. The molecule has 0 aromatic carbocycles. The number of thiocarbonyl (C=S) groups is 2. The molecule has 0 unspecified atom stereocenters. The lowest BCUT2D eigenvalue weighted by Crippen LogP contribution is -2.22. The summed E-state index contributed by atoms with van der Waals surface area (Å²) in [6.07, 6.45) is 3.37. The summed E-state index contributed by atoms with van der Waals surface area (Å²) in [5, 5.41) is 0. The van der Waals surface area contributed by atoms with Crippen molar-refractivity contribution in [2.24, 2.45) is 0 Å². The van der Waals surface area contributed by atoms with Crippen molar-refractivity contribution in [2.45, 2.75) is 13.8 Å². The number of aryl methyl sites for hydroxylation is 2. The van der Waals surface area contributed by atoms with Crippen LogP contribution >= 0.6 is 48.0 Å². The molecule has 2 aromatic rings. The van der Waals surface area contributed by atoms with E-state index in [2.05, 4.69) is 0 Å². The van der Waals surface area contributed by atoms with Crippen molar-refractivity contribution in [2.75, 3.05) is 14.1 Å². The van der Waals surface area contributed by atoms with Crippen molar-refractivity contribution in [3.8, 4) is 11.5 Å². The maximum absolute atomic E-state index is 12.2. The zero-order valence-corrected chi connectivity index (χ0v) is 19.7. The highest BCUT2D eigenvalue weighted by Crippen LogP contribution is 2.37. The van der Waals surface area contributed by atoms with Gasteiger partial charge in [-0.2, -0.15) is 0 Å². The van der Waals surface area contributed by atoms with E-state index < -0.39 is 0 Å². The molecule has 154 valence electrons. The van der Waals surface area contributed by atoms with E-state index in [4.69, 9.17) is 33.3 Å². The van der Waals surface area contributed by atoms with Crippen molar-refractivity contribution < 1.29 is 18.4 Å². The highest BCUT2D eigenvalue weighted by atomic mass is 32.2. The predicted molar refractivity (Wildman–Crippen MR) is 128 cm³/mol. The molecule has 2 aliphatic heterocycles. The first-order valence-electron chi connectivity index (χ1n) is 8.80. The minimum absolute atomic E-state index is 0.148. The number of nitrogens with zero attached hydrogens (tertiary/aromatic N) is 2. The van der Waals surface area contributed by atoms with Gasteiger partial charge in [-0.1, -0.05) is 48.0 Å². The molecule has 2 amide bonds. The summed E-state index contributed by atoms with van der Waals surface area (Å²) in [6.45, 7) is 3.82. The first-order valence-corrected chi connectivity index (χ1v) is 11.2. The third kappa shape index (κ3) is 3.68. The summed E-state index contributed by atoms with van der Waals surface area (Å²) in [7, 11) is 3.30. The van der Waals surface area contributed by atoms with E-state index in [1.807, 2.05) is 26.0 Å². The van der Waals surface area contributed by atoms with Crippen LogP contribution in [0.2, 0.25) is 0 Å². The molecule has 0 bridgehead atoms. The quantitative estimate of drug-likeness (QED) is 0.462. The Labute approximate surface area is 192 Å². The molecule has 2 fully saturated rings. The van der Waals surface area contributed by atoms with Gasteiger partial charge in [0, 0.05) is 26.2 Å². The first-order chi connectivity index (χ1) is 14.2. The molecule has 4 rings (SSSR count). The smallest absolute Gasteiger partial charge is 0.266 e. The Morgan fingerprint density at radius 1 is 0.800 bits per heavy atom. The average Bonchev–Trinajstić information content (AvgIpc) is 3.37. The summed E-state index contributed by atoms with van der Waals surface area (Å²) >= 11 is 12.8. The van der Waals surface area contributed by atoms with Crippen LogP contribution in [0.15, 0.2) is 30.8 Å². The van der Waals surface area contributed by atoms with Crippen LogP contribution in [0.3, 0.4) is 0 Å². The van der Waals surface area contributed by atoms with Crippen LogP contribution in [0.25, 0.3) is 23.7 Å². The molecule has 0 aliphatic carbocycles. The van der Waals surface area contributed by atoms with Crippen LogP contribution < -0.4 is 0 Å². The van der Waals surface area contributed by atoms with E-state index in [0.717, 1.165) is 11.1 Å². The van der Waals surface area contributed by atoms with E-state index in [-0.39, 0.29) is 11.8 Å². The molecule has 2 saturated heterocycles. The molecule has 0 radical (unpaired) electrons. The molecule has 0 N–H and O–H groups in total. The van der Waals surface area contributed by atoms with Gasteiger partial charge in [-0.15, -0.1) is 0 Å². The third-order valence-electron chi connectivity index (χ3n) is 4.60. The Balaban J connectivity index is 1.65. The Hall–Kier alpha value is -2.14. The normalized spacial score (nSPS) is 20.0. The molecule has 0 atom stereocenters. The molecular weight excluding hydrogens is 460 g/mol. The van der Waals surface area contributed by atoms with Gasteiger partial charge in [0.15, 0.2) is 11.5 Å². The number of thioether (sulfide) groups is 2. The SMILES string of the molecule is Cc1cc(/C=C2\SC(=S)N(C)C2=O)oc1-c1oc(/C=C2\SC(=S)N(C)C2=O)cc1C. The molecule has 10 heteroatoms. The predicted octanol–water partition coefficient (Wildman–Crippen LogP) is 4.82.